The number of ether oxygens (including phenoxy) is 2. The molecule has 0 saturated carbocycles. The Morgan fingerprint density at radius 3 is 2.67 bits per heavy atom. The molecule has 1 aromatic rings. The summed E-state index contributed by atoms with van der Waals surface area (Å²) in [5.41, 5.74) is 6.85. The van der Waals surface area contributed by atoms with Crippen molar-refractivity contribution >= 4 is 5.97 Å². The topological polar surface area (TPSA) is 81.8 Å². The van der Waals surface area contributed by atoms with Gasteiger partial charge in [-0.15, -0.1) is 0 Å². The highest BCUT2D eigenvalue weighted by molar-refractivity contribution is 5.72. The van der Waals surface area contributed by atoms with Gasteiger partial charge in [0.15, 0.2) is 6.29 Å². The third kappa shape index (κ3) is 2.69. The Bertz CT molecular complexity index is 409. The summed E-state index contributed by atoms with van der Waals surface area (Å²) < 4.78 is 11.0. The monoisotopic (exact) mass is 251 g/mol. The first-order valence-corrected chi connectivity index (χ1v) is 5.89. The lowest BCUT2D eigenvalue weighted by Crippen LogP contribution is -2.41. The maximum Gasteiger partial charge on any atom is 0.310 e. The minimum atomic E-state index is -0.944. The molecule has 1 aliphatic heterocycles. The zero-order valence-corrected chi connectivity index (χ0v) is 10.2. The fourth-order valence-corrected chi connectivity index (χ4v) is 2.14. The van der Waals surface area contributed by atoms with Crippen molar-refractivity contribution in [3.8, 4) is 0 Å². The van der Waals surface area contributed by atoms with Gasteiger partial charge < -0.3 is 20.3 Å². The smallest absolute Gasteiger partial charge is 0.310 e. The minimum Gasteiger partial charge on any atom is -0.481 e. The lowest BCUT2D eigenvalue weighted by Gasteiger charge is -2.16. The van der Waals surface area contributed by atoms with Crippen LogP contribution >= 0.6 is 0 Å². The molecule has 4 atom stereocenters. The summed E-state index contributed by atoms with van der Waals surface area (Å²) in [4.78, 5) is 11.0. The van der Waals surface area contributed by atoms with Gasteiger partial charge in [-0.2, -0.15) is 0 Å². The van der Waals surface area contributed by atoms with Crippen molar-refractivity contribution in [3.63, 3.8) is 0 Å². The van der Waals surface area contributed by atoms with Gasteiger partial charge in [0, 0.05) is 0 Å². The predicted octanol–water partition coefficient (Wildman–Crippen LogP) is 0.976. The fourth-order valence-electron chi connectivity index (χ4n) is 2.14. The van der Waals surface area contributed by atoms with Crippen molar-refractivity contribution in [2.24, 2.45) is 11.7 Å². The molecule has 5 heteroatoms. The Balaban J connectivity index is 1.93. The largest absolute Gasteiger partial charge is 0.481 e. The van der Waals surface area contributed by atoms with Crippen LogP contribution in [0.25, 0.3) is 0 Å². The van der Waals surface area contributed by atoms with Gasteiger partial charge in [-0.25, -0.2) is 0 Å². The molecule has 0 aliphatic carbocycles. The van der Waals surface area contributed by atoms with Crippen molar-refractivity contribution < 1.29 is 19.4 Å². The molecule has 1 heterocycles. The molecule has 1 aliphatic rings. The molecule has 1 aromatic carbocycles. The molecule has 4 unspecified atom stereocenters. The van der Waals surface area contributed by atoms with E-state index in [0.29, 0.717) is 6.61 Å². The van der Waals surface area contributed by atoms with Crippen LogP contribution in [0.5, 0.6) is 0 Å². The lowest BCUT2D eigenvalue weighted by atomic mass is 9.98. The van der Waals surface area contributed by atoms with Gasteiger partial charge in [0.1, 0.15) is 5.92 Å². The van der Waals surface area contributed by atoms with E-state index in [-0.39, 0.29) is 0 Å². The SMILES string of the molecule is CC1OC(OCc2ccccc2)C(N)C1C(=O)O. The molecule has 1 fully saturated rings. The summed E-state index contributed by atoms with van der Waals surface area (Å²) in [6.45, 7) is 2.06. The van der Waals surface area contributed by atoms with E-state index >= 15 is 0 Å². The summed E-state index contributed by atoms with van der Waals surface area (Å²) in [7, 11) is 0. The Morgan fingerprint density at radius 2 is 2.11 bits per heavy atom. The molecule has 18 heavy (non-hydrogen) atoms. The van der Waals surface area contributed by atoms with Gasteiger partial charge in [-0.3, -0.25) is 4.79 Å². The lowest BCUT2D eigenvalue weighted by molar-refractivity contribution is -0.146. The number of carbonyl (C=O) groups is 1. The zero-order valence-electron chi connectivity index (χ0n) is 10.2. The second-order valence-corrected chi connectivity index (χ2v) is 4.45. The third-order valence-electron chi connectivity index (χ3n) is 3.13. The molecule has 0 radical (unpaired) electrons. The molecule has 0 spiro atoms. The number of carboxylic acid groups (broad SMARTS) is 1. The summed E-state index contributed by atoms with van der Waals surface area (Å²) >= 11 is 0. The van der Waals surface area contributed by atoms with Crippen LogP contribution in [0.2, 0.25) is 0 Å². The highest BCUT2D eigenvalue weighted by atomic mass is 16.7. The van der Waals surface area contributed by atoms with E-state index in [1.165, 1.54) is 0 Å². The second kappa shape index (κ2) is 5.48. The average molecular weight is 251 g/mol. The van der Waals surface area contributed by atoms with E-state index in [9.17, 15) is 4.79 Å². The molecule has 3 N–H and O–H groups in total. The van der Waals surface area contributed by atoms with Crippen LogP contribution in [0.1, 0.15) is 12.5 Å². The van der Waals surface area contributed by atoms with Crippen molar-refractivity contribution in [2.45, 2.75) is 32.0 Å². The van der Waals surface area contributed by atoms with Gasteiger partial charge in [0.2, 0.25) is 0 Å². The first-order chi connectivity index (χ1) is 8.59. The third-order valence-corrected chi connectivity index (χ3v) is 3.13. The summed E-state index contributed by atoms with van der Waals surface area (Å²) in [6.07, 6.45) is -1.10. The molecular formula is C13H17NO4. The Labute approximate surface area is 106 Å². The minimum absolute atomic E-state index is 0.359. The van der Waals surface area contributed by atoms with E-state index in [1.54, 1.807) is 6.92 Å². The molecule has 2 rings (SSSR count). The molecular weight excluding hydrogens is 234 g/mol. The Morgan fingerprint density at radius 1 is 1.44 bits per heavy atom. The Hall–Kier alpha value is -1.43. The van der Waals surface area contributed by atoms with E-state index < -0.39 is 30.3 Å². The summed E-state index contributed by atoms with van der Waals surface area (Å²) in [5.74, 6) is -1.66. The number of rotatable bonds is 4. The van der Waals surface area contributed by atoms with Crippen LogP contribution < -0.4 is 5.73 Å². The van der Waals surface area contributed by atoms with Gasteiger partial charge in [-0.1, -0.05) is 30.3 Å². The van der Waals surface area contributed by atoms with Crippen LogP contribution in [-0.4, -0.2) is 29.5 Å². The van der Waals surface area contributed by atoms with E-state index in [4.69, 9.17) is 20.3 Å². The van der Waals surface area contributed by atoms with Crippen molar-refractivity contribution in [2.75, 3.05) is 0 Å². The molecule has 1 saturated heterocycles. The Kier molecular flexibility index (Phi) is 3.96. The van der Waals surface area contributed by atoms with E-state index in [1.807, 2.05) is 30.3 Å². The highest BCUT2D eigenvalue weighted by Gasteiger charge is 2.45. The number of aliphatic carboxylic acids is 1. The van der Waals surface area contributed by atoms with Crippen molar-refractivity contribution in [1.82, 2.24) is 0 Å². The molecule has 0 bridgehead atoms. The number of benzene rings is 1. The second-order valence-electron chi connectivity index (χ2n) is 4.45. The maximum absolute atomic E-state index is 11.0. The molecule has 98 valence electrons. The number of hydrogen-bond acceptors (Lipinski definition) is 4. The van der Waals surface area contributed by atoms with E-state index in [2.05, 4.69) is 0 Å². The normalized spacial score (nSPS) is 31.4. The first-order valence-electron chi connectivity index (χ1n) is 5.89. The summed E-state index contributed by atoms with van der Waals surface area (Å²) in [5, 5.41) is 9.04. The molecule has 0 aromatic heterocycles. The average Bonchev–Trinajstić information content (AvgIpc) is 2.63. The number of carboxylic acids is 1. The fraction of sp³-hybridized carbons (Fsp3) is 0.462. The molecule has 5 nitrogen and oxygen atoms in total. The number of hydrogen-bond donors (Lipinski definition) is 2. The predicted molar refractivity (Wildman–Crippen MR) is 64.7 cm³/mol. The zero-order chi connectivity index (χ0) is 13.1. The van der Waals surface area contributed by atoms with Crippen LogP contribution in [0.15, 0.2) is 30.3 Å². The molecule has 0 amide bonds. The quantitative estimate of drug-likeness (QED) is 0.833. The van der Waals surface area contributed by atoms with Crippen LogP contribution in [0.4, 0.5) is 0 Å². The van der Waals surface area contributed by atoms with Gasteiger partial charge >= 0.3 is 5.97 Å². The highest BCUT2D eigenvalue weighted by Crippen LogP contribution is 2.27. The van der Waals surface area contributed by atoms with Crippen LogP contribution in [0, 0.1) is 5.92 Å². The van der Waals surface area contributed by atoms with E-state index in [0.717, 1.165) is 5.56 Å². The first kappa shape index (κ1) is 13.0. The summed E-state index contributed by atoms with van der Waals surface area (Å²) in [6, 6.07) is 8.97. The van der Waals surface area contributed by atoms with Gasteiger partial charge in [-0.05, 0) is 12.5 Å². The standard InChI is InChI=1S/C13H17NO4/c1-8-10(12(15)16)11(14)13(18-8)17-7-9-5-3-2-4-6-9/h2-6,8,10-11,13H,7,14H2,1H3,(H,15,16). The van der Waals surface area contributed by atoms with Crippen LogP contribution in [-0.2, 0) is 20.9 Å². The van der Waals surface area contributed by atoms with Gasteiger partial charge in [0.05, 0.1) is 18.8 Å². The van der Waals surface area contributed by atoms with Crippen molar-refractivity contribution in [3.05, 3.63) is 35.9 Å². The number of nitrogens with two attached hydrogens (primary N) is 1. The van der Waals surface area contributed by atoms with Gasteiger partial charge in [0.25, 0.3) is 0 Å². The maximum atomic E-state index is 11.0. The van der Waals surface area contributed by atoms with Crippen LogP contribution in [0.3, 0.4) is 0 Å². The van der Waals surface area contributed by atoms with Crippen molar-refractivity contribution in [1.29, 1.82) is 0 Å².